The van der Waals surface area contributed by atoms with Gasteiger partial charge in [-0.1, -0.05) is 65.3 Å². The molecule has 3 heteroatoms. The molecule has 0 saturated heterocycles. The van der Waals surface area contributed by atoms with Crippen molar-refractivity contribution in [1.29, 1.82) is 0 Å². The maximum absolute atomic E-state index is 3.67. The third-order valence-electron chi connectivity index (χ3n) is 6.23. The summed E-state index contributed by atoms with van der Waals surface area (Å²) < 4.78 is 2.19. The molecule has 0 fully saturated rings. The van der Waals surface area contributed by atoms with Crippen LogP contribution < -0.4 is 24.8 Å². The van der Waals surface area contributed by atoms with Crippen molar-refractivity contribution in [2.75, 3.05) is 0 Å². The number of halogens is 2. The first-order valence-electron chi connectivity index (χ1n) is 12.4. The number of fused-ring (bicyclic) bond motifs is 3. The van der Waals surface area contributed by atoms with Crippen molar-refractivity contribution in [3.05, 3.63) is 124 Å². The third-order valence-corrected chi connectivity index (χ3v) is 7.05. The van der Waals surface area contributed by atoms with E-state index in [0.29, 0.717) is 0 Å². The van der Waals surface area contributed by atoms with Crippen LogP contribution in [0, 0.1) is 13.0 Å². The Labute approximate surface area is 252 Å². The molecule has 0 amide bonds. The SMILES string of the molecule is CC(C)(C)c1[c-]c2c(cc1)-c1ccc(C(C)(C)C)cc1C2.Cc1cccc([CH]=[Zr+2])c1.[Cl-].[Cl-].c1cc[cH-]c1. The molecule has 0 heterocycles. The van der Waals surface area contributed by atoms with E-state index < -0.39 is 0 Å². The van der Waals surface area contributed by atoms with Crippen LogP contribution in [0.2, 0.25) is 0 Å². The molecular formula is C34H38Cl2Zr-2. The molecule has 5 rings (SSSR count). The number of aryl methyl sites for hydroxylation is 1. The summed E-state index contributed by atoms with van der Waals surface area (Å²) in [5.74, 6) is 0. The molecular weight excluding hydrogens is 571 g/mol. The molecule has 0 spiro atoms. The van der Waals surface area contributed by atoms with E-state index >= 15 is 0 Å². The Balaban J connectivity index is 0.000000354. The van der Waals surface area contributed by atoms with Gasteiger partial charge in [-0.05, 0) is 28.4 Å². The van der Waals surface area contributed by atoms with E-state index in [1.54, 1.807) is 0 Å². The van der Waals surface area contributed by atoms with Crippen LogP contribution in [0.1, 0.15) is 74.9 Å². The summed E-state index contributed by atoms with van der Waals surface area (Å²) in [5, 5.41) is 0. The van der Waals surface area contributed by atoms with Crippen LogP contribution in [-0.4, -0.2) is 3.71 Å². The number of benzene rings is 3. The summed E-state index contributed by atoms with van der Waals surface area (Å²) in [4.78, 5) is 0. The van der Waals surface area contributed by atoms with Gasteiger partial charge in [-0.25, -0.2) is 12.1 Å². The van der Waals surface area contributed by atoms with Crippen LogP contribution in [-0.2, 0) is 41.5 Å². The molecule has 0 N–H and O–H groups in total. The molecule has 0 saturated carbocycles. The molecule has 4 aromatic carbocycles. The smallest absolute Gasteiger partial charge is 0.172 e. The van der Waals surface area contributed by atoms with Crippen LogP contribution in [0.4, 0.5) is 0 Å². The van der Waals surface area contributed by atoms with Crippen LogP contribution in [0.3, 0.4) is 0 Å². The van der Waals surface area contributed by atoms with Crippen LogP contribution >= 0.6 is 0 Å². The van der Waals surface area contributed by atoms with Crippen LogP contribution in [0.25, 0.3) is 11.1 Å². The van der Waals surface area contributed by atoms with Crippen molar-refractivity contribution < 1.29 is 49.0 Å². The maximum atomic E-state index is 3.67. The molecule has 0 aliphatic heterocycles. The van der Waals surface area contributed by atoms with Gasteiger partial charge in [0.25, 0.3) is 0 Å². The Kier molecular flexibility index (Phi) is 13.1. The number of rotatable bonds is 1. The Bertz CT molecular complexity index is 1180. The van der Waals surface area contributed by atoms with Gasteiger partial charge in [0.05, 0.1) is 0 Å². The third kappa shape index (κ3) is 9.55. The summed E-state index contributed by atoms with van der Waals surface area (Å²) in [6.07, 6.45) is 1.03. The monoisotopic (exact) mass is 606 g/mol. The van der Waals surface area contributed by atoms with Gasteiger partial charge in [-0.15, -0.1) is 11.1 Å². The van der Waals surface area contributed by atoms with Gasteiger partial charge in [0.2, 0.25) is 0 Å². The molecule has 0 unspecified atom stereocenters. The first kappa shape index (κ1) is 33.4. The molecule has 4 aromatic rings. The van der Waals surface area contributed by atoms with Crippen LogP contribution in [0.5, 0.6) is 0 Å². The predicted molar refractivity (Wildman–Crippen MR) is 149 cm³/mol. The number of hydrogen-bond acceptors (Lipinski definition) is 0. The summed E-state index contributed by atoms with van der Waals surface area (Å²) in [6, 6.07) is 33.7. The van der Waals surface area contributed by atoms with Gasteiger partial charge in [0.1, 0.15) is 0 Å². The molecule has 194 valence electrons. The van der Waals surface area contributed by atoms with Crippen molar-refractivity contribution in [1.82, 2.24) is 0 Å². The fourth-order valence-corrected chi connectivity index (χ4v) is 4.55. The summed E-state index contributed by atoms with van der Waals surface area (Å²) in [7, 11) is 0. The normalized spacial score (nSPS) is 11.3. The largest absolute Gasteiger partial charge is 1.00 e. The van der Waals surface area contributed by atoms with E-state index in [2.05, 4.69) is 113 Å². The van der Waals surface area contributed by atoms with Crippen molar-refractivity contribution in [3.8, 4) is 11.1 Å². The van der Waals surface area contributed by atoms with Crippen molar-refractivity contribution in [3.63, 3.8) is 0 Å². The summed E-state index contributed by atoms with van der Waals surface area (Å²) in [5.41, 5.74) is 11.4. The second-order valence-electron chi connectivity index (χ2n) is 11.3. The molecule has 0 aromatic heterocycles. The Hall–Kier alpha value is -1.66. The molecule has 0 nitrogen and oxygen atoms in total. The van der Waals surface area contributed by atoms with Gasteiger partial charge < -0.3 is 24.8 Å². The molecule has 1 aliphatic carbocycles. The maximum Gasteiger partial charge on any atom is -0.172 e. The van der Waals surface area contributed by atoms with Crippen molar-refractivity contribution in [2.45, 2.75) is 65.7 Å². The molecule has 37 heavy (non-hydrogen) atoms. The summed E-state index contributed by atoms with van der Waals surface area (Å²) in [6.45, 7) is 15.7. The van der Waals surface area contributed by atoms with Crippen molar-refractivity contribution in [2.24, 2.45) is 0 Å². The van der Waals surface area contributed by atoms with E-state index in [4.69, 9.17) is 0 Å². The average molecular weight is 609 g/mol. The minimum absolute atomic E-state index is 0. The topological polar surface area (TPSA) is 0 Å². The van der Waals surface area contributed by atoms with E-state index in [1.807, 2.05) is 30.3 Å². The molecule has 1 aliphatic rings. The fourth-order valence-electron chi connectivity index (χ4n) is 4.11. The average Bonchev–Trinajstić information content (AvgIpc) is 3.49. The molecule has 0 bridgehead atoms. The zero-order valence-corrected chi connectivity index (χ0v) is 27.1. The Morgan fingerprint density at radius 2 is 1.43 bits per heavy atom. The minimum atomic E-state index is 0. The quantitative estimate of drug-likeness (QED) is 0.257. The first-order chi connectivity index (χ1) is 16.5. The van der Waals surface area contributed by atoms with Gasteiger partial charge in [-0.3, -0.25) is 0 Å². The minimum Gasteiger partial charge on any atom is -1.00 e. The van der Waals surface area contributed by atoms with E-state index in [0.717, 1.165) is 6.42 Å². The Morgan fingerprint density at radius 1 is 0.784 bits per heavy atom. The van der Waals surface area contributed by atoms with Gasteiger partial charge >= 0.3 is 70.3 Å². The van der Waals surface area contributed by atoms with Gasteiger partial charge in [0, 0.05) is 0 Å². The second-order valence-corrected chi connectivity index (χ2v) is 12.0. The number of hydrogen-bond donors (Lipinski definition) is 0. The van der Waals surface area contributed by atoms with Gasteiger partial charge in [-0.2, -0.15) is 42.0 Å². The predicted octanol–water partition coefficient (Wildman–Crippen LogP) is 2.76. The fraction of sp³-hybridized carbons (Fsp3) is 0.294. The molecule has 0 atom stereocenters. The van der Waals surface area contributed by atoms with E-state index in [1.165, 1.54) is 68.7 Å². The van der Waals surface area contributed by atoms with Gasteiger partial charge in [0.15, 0.2) is 0 Å². The van der Waals surface area contributed by atoms with E-state index in [-0.39, 0.29) is 35.6 Å². The Morgan fingerprint density at radius 3 is 1.92 bits per heavy atom. The van der Waals surface area contributed by atoms with E-state index in [9.17, 15) is 0 Å². The van der Waals surface area contributed by atoms with Crippen molar-refractivity contribution >= 4 is 3.71 Å². The standard InChI is InChI=1S/C21H25.C8H8.C5H5.2ClH.Zr/c1-20(2,3)16-7-9-18-14(12-16)11-15-13-17(21(4,5)6)8-10-19(15)18;1-7-4-3-5-8(2)6-7;1-2-4-5-3-1;;;/h7-10,12H,11H2,1-6H3;1,3-6H,2H3;1-5H;2*1H;/q-1;;-1;;;+2/p-2. The van der Waals surface area contributed by atoms with Crippen LogP contribution in [0.15, 0.2) is 84.9 Å². The zero-order valence-electron chi connectivity index (χ0n) is 23.1. The molecule has 0 radical (unpaired) electrons. The zero-order chi connectivity index (χ0) is 25.6. The second kappa shape index (κ2) is 14.5. The first-order valence-corrected chi connectivity index (χ1v) is 13.8. The summed E-state index contributed by atoms with van der Waals surface area (Å²) >= 11 is 1.47.